The molecule has 1 unspecified atom stereocenters. The number of halogens is 1. The van der Waals surface area contributed by atoms with Crippen molar-refractivity contribution in [1.29, 1.82) is 0 Å². The first-order valence-electron chi connectivity index (χ1n) is 6.11. The van der Waals surface area contributed by atoms with Crippen LogP contribution in [0.5, 0.6) is 0 Å². The number of anilines is 1. The van der Waals surface area contributed by atoms with Crippen LogP contribution < -0.4 is 5.32 Å². The lowest BCUT2D eigenvalue weighted by Gasteiger charge is -2.16. The van der Waals surface area contributed by atoms with E-state index in [0.29, 0.717) is 0 Å². The Morgan fingerprint density at radius 1 is 1.44 bits per heavy atom. The summed E-state index contributed by atoms with van der Waals surface area (Å²) in [5.41, 5.74) is 1.14. The third-order valence-electron chi connectivity index (χ3n) is 2.90. The Morgan fingerprint density at radius 2 is 2.25 bits per heavy atom. The average molecular weight is 285 g/mol. The lowest BCUT2D eigenvalue weighted by Crippen LogP contribution is -2.13. The molecular formula is C13H21BrN2. The van der Waals surface area contributed by atoms with E-state index in [-0.39, 0.29) is 0 Å². The topological polar surface area (TPSA) is 24.9 Å². The minimum absolute atomic E-state index is 0.778. The molecule has 1 rings (SSSR count). The van der Waals surface area contributed by atoms with Crippen molar-refractivity contribution in [1.82, 2.24) is 4.98 Å². The van der Waals surface area contributed by atoms with Crippen molar-refractivity contribution in [2.75, 3.05) is 11.9 Å². The van der Waals surface area contributed by atoms with Gasteiger partial charge in [-0.3, -0.25) is 4.98 Å². The van der Waals surface area contributed by atoms with E-state index in [0.717, 1.165) is 22.6 Å². The van der Waals surface area contributed by atoms with Crippen LogP contribution in [0.25, 0.3) is 0 Å². The van der Waals surface area contributed by atoms with Gasteiger partial charge in [0.15, 0.2) is 0 Å². The summed E-state index contributed by atoms with van der Waals surface area (Å²) in [6.45, 7) is 5.57. The van der Waals surface area contributed by atoms with Crippen molar-refractivity contribution in [3.8, 4) is 0 Å². The van der Waals surface area contributed by atoms with Crippen molar-refractivity contribution >= 4 is 21.6 Å². The molecule has 0 amide bonds. The highest BCUT2D eigenvalue weighted by Crippen LogP contribution is 2.21. The van der Waals surface area contributed by atoms with Crippen molar-refractivity contribution in [2.24, 2.45) is 5.92 Å². The monoisotopic (exact) mass is 284 g/mol. The van der Waals surface area contributed by atoms with Crippen LogP contribution in [0.3, 0.4) is 0 Å². The first-order valence-corrected chi connectivity index (χ1v) is 6.90. The number of hydrogen-bond acceptors (Lipinski definition) is 2. The largest absolute Gasteiger partial charge is 0.384 e. The Labute approximate surface area is 107 Å². The number of rotatable bonds is 7. The van der Waals surface area contributed by atoms with Crippen molar-refractivity contribution in [3.63, 3.8) is 0 Å². The predicted molar refractivity (Wildman–Crippen MR) is 73.7 cm³/mol. The van der Waals surface area contributed by atoms with E-state index >= 15 is 0 Å². The molecule has 0 bridgehead atoms. The van der Waals surface area contributed by atoms with E-state index in [9.17, 15) is 0 Å². The summed E-state index contributed by atoms with van der Waals surface area (Å²) in [4.78, 5) is 4.05. The molecule has 1 aromatic rings. The van der Waals surface area contributed by atoms with Gasteiger partial charge in [-0.25, -0.2) is 0 Å². The van der Waals surface area contributed by atoms with Gasteiger partial charge in [-0.05, 0) is 34.3 Å². The van der Waals surface area contributed by atoms with Crippen LogP contribution in [0, 0.1) is 5.92 Å². The summed E-state index contributed by atoms with van der Waals surface area (Å²) in [5, 5.41) is 3.49. The zero-order valence-corrected chi connectivity index (χ0v) is 11.8. The smallest absolute Gasteiger partial charge is 0.0590 e. The van der Waals surface area contributed by atoms with Gasteiger partial charge < -0.3 is 5.32 Å². The zero-order chi connectivity index (χ0) is 11.8. The summed E-state index contributed by atoms with van der Waals surface area (Å²) >= 11 is 3.50. The molecule has 0 aliphatic rings. The minimum Gasteiger partial charge on any atom is -0.384 e. The maximum absolute atomic E-state index is 4.05. The summed E-state index contributed by atoms with van der Waals surface area (Å²) in [5.74, 6) is 0.778. The van der Waals surface area contributed by atoms with Crippen LogP contribution in [0.1, 0.15) is 39.5 Å². The first kappa shape index (κ1) is 13.5. The Kier molecular flexibility index (Phi) is 6.46. The fraction of sp³-hybridized carbons (Fsp3) is 0.615. The third kappa shape index (κ3) is 4.52. The Hall–Kier alpha value is -0.570. The number of pyridine rings is 1. The molecule has 16 heavy (non-hydrogen) atoms. The molecule has 0 aliphatic heterocycles. The van der Waals surface area contributed by atoms with Gasteiger partial charge in [0.25, 0.3) is 0 Å². The van der Waals surface area contributed by atoms with E-state index < -0.39 is 0 Å². The van der Waals surface area contributed by atoms with Crippen LogP contribution in [0.4, 0.5) is 5.69 Å². The maximum Gasteiger partial charge on any atom is 0.0590 e. The lowest BCUT2D eigenvalue weighted by molar-refractivity contribution is 0.472. The van der Waals surface area contributed by atoms with Crippen molar-refractivity contribution in [2.45, 2.75) is 39.5 Å². The average Bonchev–Trinajstić information content (AvgIpc) is 2.31. The third-order valence-corrected chi connectivity index (χ3v) is 3.53. The molecule has 0 fully saturated rings. The molecular weight excluding hydrogens is 264 g/mol. The molecule has 0 aliphatic carbocycles. The number of hydrogen-bond donors (Lipinski definition) is 1. The second kappa shape index (κ2) is 7.66. The van der Waals surface area contributed by atoms with Gasteiger partial charge in [0.05, 0.1) is 10.2 Å². The predicted octanol–water partition coefficient (Wildman–Crippen LogP) is 4.47. The Balaban J connectivity index is 2.40. The molecule has 1 atom stereocenters. The number of nitrogens with one attached hydrogen (secondary N) is 1. The van der Waals surface area contributed by atoms with E-state index in [1.54, 1.807) is 0 Å². The number of aromatic nitrogens is 1. The molecule has 0 aromatic carbocycles. The quantitative estimate of drug-likeness (QED) is 0.799. The molecule has 0 spiro atoms. The van der Waals surface area contributed by atoms with Gasteiger partial charge in [0.1, 0.15) is 0 Å². The molecule has 3 heteroatoms. The molecule has 1 aromatic heterocycles. The summed E-state index contributed by atoms with van der Waals surface area (Å²) in [6.07, 6.45) is 8.83. The molecule has 0 saturated heterocycles. The highest BCUT2D eigenvalue weighted by Gasteiger charge is 2.06. The SMILES string of the molecule is CCCCC(CC)CNc1ccncc1Br. The van der Waals surface area contributed by atoms with E-state index in [1.165, 1.54) is 25.7 Å². The van der Waals surface area contributed by atoms with Crippen LogP contribution in [0.2, 0.25) is 0 Å². The standard InChI is InChI=1S/C13H21BrN2/c1-3-5-6-11(4-2)9-16-13-7-8-15-10-12(13)14/h7-8,10-11H,3-6,9H2,1-2H3,(H,15,16). The molecule has 0 saturated carbocycles. The van der Waals surface area contributed by atoms with Crippen LogP contribution >= 0.6 is 15.9 Å². The zero-order valence-electron chi connectivity index (χ0n) is 10.2. The second-order valence-electron chi connectivity index (χ2n) is 4.15. The summed E-state index contributed by atoms with van der Waals surface area (Å²) in [6, 6.07) is 2.01. The van der Waals surface area contributed by atoms with Crippen LogP contribution in [0.15, 0.2) is 22.9 Å². The van der Waals surface area contributed by atoms with Gasteiger partial charge in [-0.2, -0.15) is 0 Å². The normalized spacial score (nSPS) is 12.4. The highest BCUT2D eigenvalue weighted by atomic mass is 79.9. The van der Waals surface area contributed by atoms with Gasteiger partial charge >= 0.3 is 0 Å². The molecule has 0 radical (unpaired) electrons. The summed E-state index contributed by atoms with van der Waals surface area (Å²) in [7, 11) is 0. The Bertz CT molecular complexity index is 302. The van der Waals surface area contributed by atoms with Crippen LogP contribution in [-0.4, -0.2) is 11.5 Å². The Morgan fingerprint density at radius 3 is 2.88 bits per heavy atom. The van der Waals surface area contributed by atoms with Crippen molar-refractivity contribution < 1.29 is 0 Å². The maximum atomic E-state index is 4.05. The van der Waals surface area contributed by atoms with E-state index in [1.807, 2.05) is 18.5 Å². The molecule has 1 heterocycles. The lowest BCUT2D eigenvalue weighted by atomic mass is 9.99. The summed E-state index contributed by atoms with van der Waals surface area (Å²) < 4.78 is 1.04. The second-order valence-corrected chi connectivity index (χ2v) is 5.01. The first-order chi connectivity index (χ1) is 7.77. The number of nitrogens with zero attached hydrogens (tertiary/aromatic N) is 1. The van der Waals surface area contributed by atoms with Gasteiger partial charge in [0, 0.05) is 18.9 Å². The molecule has 90 valence electrons. The number of unbranched alkanes of at least 4 members (excludes halogenated alkanes) is 1. The van der Waals surface area contributed by atoms with Crippen LogP contribution in [-0.2, 0) is 0 Å². The van der Waals surface area contributed by atoms with Gasteiger partial charge in [0.2, 0.25) is 0 Å². The van der Waals surface area contributed by atoms with E-state index in [2.05, 4.69) is 40.1 Å². The molecule has 1 N–H and O–H groups in total. The highest BCUT2D eigenvalue weighted by molar-refractivity contribution is 9.10. The fourth-order valence-corrected chi connectivity index (χ4v) is 2.11. The van der Waals surface area contributed by atoms with Gasteiger partial charge in [-0.15, -0.1) is 0 Å². The van der Waals surface area contributed by atoms with Crippen molar-refractivity contribution in [3.05, 3.63) is 22.9 Å². The fourth-order valence-electron chi connectivity index (χ4n) is 1.72. The van der Waals surface area contributed by atoms with E-state index in [4.69, 9.17) is 0 Å². The minimum atomic E-state index is 0.778. The van der Waals surface area contributed by atoms with Gasteiger partial charge in [-0.1, -0.05) is 33.1 Å². The molecule has 2 nitrogen and oxygen atoms in total.